The van der Waals surface area contributed by atoms with Gasteiger partial charge in [0.1, 0.15) is 5.75 Å². The van der Waals surface area contributed by atoms with E-state index in [4.69, 9.17) is 5.73 Å². The molecule has 0 aromatic heterocycles. The van der Waals surface area contributed by atoms with E-state index in [0.29, 0.717) is 17.4 Å². The number of nitrogens with zero attached hydrogens (tertiary/aromatic N) is 1. The summed E-state index contributed by atoms with van der Waals surface area (Å²) in [4.78, 5) is 14.5. The lowest BCUT2D eigenvalue weighted by Crippen LogP contribution is -2.50. The average Bonchev–Trinajstić information content (AvgIpc) is 2.61. The van der Waals surface area contributed by atoms with Crippen molar-refractivity contribution in [2.24, 2.45) is 17.6 Å². The van der Waals surface area contributed by atoms with Crippen LogP contribution in [0.25, 0.3) is 0 Å². The van der Waals surface area contributed by atoms with Crippen LogP contribution in [0.15, 0.2) is 18.2 Å². The lowest BCUT2D eigenvalue weighted by Gasteiger charge is -2.36. The number of fused-ring (bicyclic) bond motifs is 2. The number of benzene rings is 1. The first-order valence-electron chi connectivity index (χ1n) is 6.90. The molecular formula is C15H20N2O2. The summed E-state index contributed by atoms with van der Waals surface area (Å²) in [5.41, 5.74) is 7.68. The Bertz CT molecular complexity index is 501. The van der Waals surface area contributed by atoms with Gasteiger partial charge in [-0.2, -0.15) is 0 Å². The first kappa shape index (κ1) is 12.5. The Labute approximate surface area is 113 Å². The molecule has 4 heteroatoms. The van der Waals surface area contributed by atoms with E-state index >= 15 is 0 Å². The van der Waals surface area contributed by atoms with Crippen LogP contribution in [0.1, 0.15) is 28.8 Å². The predicted molar refractivity (Wildman–Crippen MR) is 72.9 cm³/mol. The van der Waals surface area contributed by atoms with E-state index in [2.05, 4.69) is 0 Å². The Morgan fingerprint density at radius 3 is 2.53 bits per heavy atom. The number of phenolic OH excluding ortho intramolecular Hbond substituents is 1. The van der Waals surface area contributed by atoms with E-state index < -0.39 is 0 Å². The van der Waals surface area contributed by atoms with Crippen molar-refractivity contribution >= 4 is 5.91 Å². The van der Waals surface area contributed by atoms with Gasteiger partial charge in [-0.05, 0) is 55.4 Å². The first-order valence-corrected chi connectivity index (χ1v) is 6.90. The average molecular weight is 260 g/mol. The molecular weight excluding hydrogens is 240 g/mol. The lowest BCUT2D eigenvalue weighted by atomic mass is 9.92. The number of carbonyl (C=O) groups excluding carboxylic acids is 1. The highest BCUT2D eigenvalue weighted by atomic mass is 16.3. The highest BCUT2D eigenvalue weighted by molar-refractivity contribution is 5.96. The molecule has 1 heterocycles. The molecule has 1 saturated heterocycles. The maximum atomic E-state index is 12.6. The van der Waals surface area contributed by atoms with Gasteiger partial charge in [-0.1, -0.05) is 0 Å². The molecule has 1 aromatic carbocycles. The zero-order valence-corrected chi connectivity index (χ0v) is 11.2. The Morgan fingerprint density at radius 1 is 1.32 bits per heavy atom. The summed E-state index contributed by atoms with van der Waals surface area (Å²) in [6.07, 6.45) is 2.29. The summed E-state index contributed by atoms with van der Waals surface area (Å²) in [6.45, 7) is 3.41. The van der Waals surface area contributed by atoms with Crippen molar-refractivity contribution in [1.29, 1.82) is 0 Å². The van der Waals surface area contributed by atoms with Crippen LogP contribution in [-0.2, 0) is 0 Å². The summed E-state index contributed by atoms with van der Waals surface area (Å²) in [7, 11) is 0. The minimum Gasteiger partial charge on any atom is -0.508 e. The van der Waals surface area contributed by atoms with Gasteiger partial charge in [-0.25, -0.2) is 0 Å². The number of piperidine rings is 1. The number of carbonyl (C=O) groups is 1. The molecule has 2 aliphatic rings. The third kappa shape index (κ3) is 2.10. The van der Waals surface area contributed by atoms with E-state index in [-0.39, 0.29) is 17.7 Å². The fraction of sp³-hybridized carbons (Fsp3) is 0.533. The predicted octanol–water partition coefficient (Wildman–Crippen LogP) is 1.51. The van der Waals surface area contributed by atoms with Gasteiger partial charge in [0, 0.05) is 24.7 Å². The van der Waals surface area contributed by atoms with Crippen LogP contribution in [-0.4, -0.2) is 35.0 Å². The van der Waals surface area contributed by atoms with Crippen LogP contribution in [0.3, 0.4) is 0 Å². The number of aromatic hydroxyl groups is 1. The number of phenols is 1. The molecule has 19 heavy (non-hydrogen) atoms. The van der Waals surface area contributed by atoms with Gasteiger partial charge in [0.15, 0.2) is 0 Å². The standard InChI is InChI=1S/C15H20N2O2/c1-9-6-12(18)4-5-13(9)15(19)17-7-10-2-3-11(8-17)14(10)16/h4-6,10-11,14,18H,2-3,7-8,16H2,1H3/t10-,11+,14?. The summed E-state index contributed by atoms with van der Waals surface area (Å²) in [5.74, 6) is 1.19. The molecule has 2 bridgehead atoms. The Hall–Kier alpha value is -1.55. The second-order valence-electron chi connectivity index (χ2n) is 5.88. The maximum absolute atomic E-state index is 12.6. The smallest absolute Gasteiger partial charge is 0.254 e. The quantitative estimate of drug-likeness (QED) is 0.804. The minimum absolute atomic E-state index is 0.0706. The van der Waals surface area contributed by atoms with Gasteiger partial charge in [-0.15, -0.1) is 0 Å². The fourth-order valence-corrected chi connectivity index (χ4v) is 3.49. The number of amides is 1. The van der Waals surface area contributed by atoms with Crippen LogP contribution in [0, 0.1) is 18.8 Å². The molecule has 1 unspecified atom stereocenters. The molecule has 0 radical (unpaired) electrons. The molecule has 3 N–H and O–H groups in total. The Balaban J connectivity index is 1.81. The minimum atomic E-state index is 0.0706. The van der Waals surface area contributed by atoms with Gasteiger partial charge >= 0.3 is 0 Å². The normalized spacial score (nSPS) is 29.6. The number of hydrogen-bond donors (Lipinski definition) is 2. The van der Waals surface area contributed by atoms with Gasteiger partial charge in [-0.3, -0.25) is 4.79 Å². The Kier molecular flexibility index (Phi) is 2.97. The van der Waals surface area contributed by atoms with Crippen molar-refractivity contribution in [2.45, 2.75) is 25.8 Å². The largest absolute Gasteiger partial charge is 0.508 e. The second-order valence-corrected chi connectivity index (χ2v) is 5.88. The van der Waals surface area contributed by atoms with Gasteiger partial charge in [0.2, 0.25) is 0 Å². The fourth-order valence-electron chi connectivity index (χ4n) is 3.49. The van der Waals surface area contributed by atoms with Crippen molar-refractivity contribution in [1.82, 2.24) is 4.90 Å². The molecule has 3 atom stereocenters. The molecule has 1 saturated carbocycles. The third-order valence-corrected chi connectivity index (χ3v) is 4.63. The van der Waals surface area contributed by atoms with E-state index in [1.54, 1.807) is 18.2 Å². The van der Waals surface area contributed by atoms with Crippen molar-refractivity contribution in [3.8, 4) is 5.75 Å². The van der Waals surface area contributed by atoms with Gasteiger partial charge < -0.3 is 15.7 Å². The third-order valence-electron chi connectivity index (χ3n) is 4.63. The number of rotatable bonds is 1. The topological polar surface area (TPSA) is 66.6 Å². The molecule has 1 aliphatic heterocycles. The van der Waals surface area contributed by atoms with Crippen LogP contribution in [0.2, 0.25) is 0 Å². The van der Waals surface area contributed by atoms with Crippen molar-refractivity contribution < 1.29 is 9.90 Å². The maximum Gasteiger partial charge on any atom is 0.254 e. The zero-order chi connectivity index (χ0) is 13.6. The molecule has 1 aliphatic carbocycles. The van der Waals surface area contributed by atoms with Gasteiger partial charge in [0.05, 0.1) is 0 Å². The van der Waals surface area contributed by atoms with Crippen LogP contribution < -0.4 is 5.73 Å². The summed E-state index contributed by atoms with van der Waals surface area (Å²) in [5, 5.41) is 9.42. The zero-order valence-electron chi connectivity index (χ0n) is 11.2. The summed E-state index contributed by atoms with van der Waals surface area (Å²) in [6, 6.07) is 5.19. The first-order chi connectivity index (χ1) is 9.06. The SMILES string of the molecule is Cc1cc(O)ccc1C(=O)N1C[C@H]2CC[C@@H](C1)C2N. The molecule has 4 nitrogen and oxygen atoms in total. The van der Waals surface area contributed by atoms with Crippen LogP contribution >= 0.6 is 0 Å². The molecule has 0 spiro atoms. The summed E-state index contributed by atoms with van der Waals surface area (Å²) >= 11 is 0. The summed E-state index contributed by atoms with van der Waals surface area (Å²) < 4.78 is 0. The van der Waals surface area contributed by atoms with Gasteiger partial charge in [0.25, 0.3) is 5.91 Å². The number of hydrogen-bond acceptors (Lipinski definition) is 3. The van der Waals surface area contributed by atoms with E-state index in [0.717, 1.165) is 31.5 Å². The highest BCUT2D eigenvalue weighted by Crippen LogP contribution is 2.36. The lowest BCUT2D eigenvalue weighted by molar-refractivity contribution is 0.0636. The molecule has 3 rings (SSSR count). The molecule has 1 amide bonds. The number of likely N-dealkylation sites (tertiary alicyclic amines) is 1. The monoisotopic (exact) mass is 260 g/mol. The highest BCUT2D eigenvalue weighted by Gasteiger charge is 2.41. The van der Waals surface area contributed by atoms with Crippen LogP contribution in [0.5, 0.6) is 5.75 Å². The molecule has 2 fully saturated rings. The van der Waals surface area contributed by atoms with Crippen LogP contribution in [0.4, 0.5) is 0 Å². The Morgan fingerprint density at radius 2 is 1.95 bits per heavy atom. The van der Waals surface area contributed by atoms with Crippen molar-refractivity contribution in [2.75, 3.05) is 13.1 Å². The number of nitrogens with two attached hydrogens (primary N) is 1. The molecule has 1 aromatic rings. The number of aryl methyl sites for hydroxylation is 1. The van der Waals surface area contributed by atoms with Crippen molar-refractivity contribution in [3.05, 3.63) is 29.3 Å². The van der Waals surface area contributed by atoms with Crippen molar-refractivity contribution in [3.63, 3.8) is 0 Å². The van der Waals surface area contributed by atoms with E-state index in [1.807, 2.05) is 11.8 Å². The van der Waals surface area contributed by atoms with E-state index in [1.165, 1.54) is 0 Å². The van der Waals surface area contributed by atoms with E-state index in [9.17, 15) is 9.90 Å². The second kappa shape index (κ2) is 4.53. The molecule has 102 valence electrons.